The Balaban J connectivity index is 1.90. The van der Waals surface area contributed by atoms with E-state index in [0.29, 0.717) is 6.54 Å². The van der Waals surface area contributed by atoms with Crippen LogP contribution in [0.1, 0.15) is 28.5 Å². The number of nitrogens with zero attached hydrogens (tertiary/aromatic N) is 2. The van der Waals surface area contributed by atoms with Crippen molar-refractivity contribution in [2.75, 3.05) is 0 Å². The SMILES string of the molecule is Cc1nnc(CNC(C)c2ccc(OC(F)F)cc2)s1. The van der Waals surface area contributed by atoms with Gasteiger partial charge in [-0.1, -0.05) is 12.1 Å². The van der Waals surface area contributed by atoms with E-state index in [9.17, 15) is 8.78 Å². The zero-order valence-electron chi connectivity index (χ0n) is 11.1. The molecule has 1 aromatic carbocycles. The van der Waals surface area contributed by atoms with Crippen LogP contribution in [0.15, 0.2) is 24.3 Å². The van der Waals surface area contributed by atoms with Crippen LogP contribution in [0.3, 0.4) is 0 Å². The first kappa shape index (κ1) is 14.8. The lowest BCUT2D eigenvalue weighted by molar-refractivity contribution is -0.0498. The third kappa shape index (κ3) is 4.21. The number of benzene rings is 1. The fraction of sp³-hybridized carbons (Fsp3) is 0.385. The molecule has 0 saturated heterocycles. The first-order valence-corrected chi connectivity index (χ1v) is 6.93. The van der Waals surface area contributed by atoms with Crippen LogP contribution >= 0.6 is 11.3 Å². The Morgan fingerprint density at radius 1 is 1.25 bits per heavy atom. The highest BCUT2D eigenvalue weighted by Crippen LogP contribution is 2.19. The molecule has 1 N–H and O–H groups in total. The quantitative estimate of drug-likeness (QED) is 0.889. The van der Waals surface area contributed by atoms with Crippen LogP contribution in [-0.4, -0.2) is 16.8 Å². The molecule has 2 rings (SSSR count). The molecule has 0 bridgehead atoms. The molecular formula is C13H15F2N3OS. The largest absolute Gasteiger partial charge is 0.435 e. The van der Waals surface area contributed by atoms with Crippen LogP contribution in [0.5, 0.6) is 5.75 Å². The summed E-state index contributed by atoms with van der Waals surface area (Å²) in [5, 5.41) is 13.1. The first-order valence-electron chi connectivity index (χ1n) is 6.11. The van der Waals surface area contributed by atoms with Crippen molar-refractivity contribution in [3.05, 3.63) is 39.8 Å². The van der Waals surface area contributed by atoms with Crippen LogP contribution in [-0.2, 0) is 6.54 Å². The van der Waals surface area contributed by atoms with Gasteiger partial charge in [0.1, 0.15) is 15.8 Å². The number of rotatable bonds is 6. The van der Waals surface area contributed by atoms with Crippen LogP contribution in [0.25, 0.3) is 0 Å². The van der Waals surface area contributed by atoms with Crippen molar-refractivity contribution >= 4 is 11.3 Å². The zero-order valence-corrected chi connectivity index (χ0v) is 12.0. The van der Waals surface area contributed by atoms with Gasteiger partial charge in [0, 0.05) is 6.04 Å². The number of aromatic nitrogens is 2. The van der Waals surface area contributed by atoms with E-state index in [4.69, 9.17) is 0 Å². The average molecular weight is 299 g/mol. The summed E-state index contributed by atoms with van der Waals surface area (Å²) in [5.41, 5.74) is 0.993. The first-order chi connectivity index (χ1) is 9.54. The molecule has 0 aliphatic carbocycles. The Morgan fingerprint density at radius 2 is 1.95 bits per heavy atom. The normalized spacial score (nSPS) is 12.7. The van der Waals surface area contributed by atoms with Crippen molar-refractivity contribution in [1.29, 1.82) is 0 Å². The second kappa shape index (κ2) is 6.71. The van der Waals surface area contributed by atoms with E-state index < -0.39 is 6.61 Å². The van der Waals surface area contributed by atoms with Gasteiger partial charge < -0.3 is 10.1 Å². The maximum Gasteiger partial charge on any atom is 0.387 e. The van der Waals surface area contributed by atoms with Crippen molar-refractivity contribution in [3.63, 3.8) is 0 Å². The molecule has 0 amide bonds. The summed E-state index contributed by atoms with van der Waals surface area (Å²) < 4.78 is 28.4. The van der Waals surface area contributed by atoms with E-state index in [2.05, 4.69) is 20.3 Å². The highest BCUT2D eigenvalue weighted by molar-refractivity contribution is 7.11. The summed E-state index contributed by atoms with van der Waals surface area (Å²) in [5.74, 6) is 0.163. The van der Waals surface area contributed by atoms with Crippen molar-refractivity contribution in [2.45, 2.75) is 33.0 Å². The number of nitrogens with one attached hydrogen (secondary N) is 1. The summed E-state index contributed by atoms with van der Waals surface area (Å²) in [6.07, 6.45) is 0. The smallest absolute Gasteiger partial charge is 0.387 e. The summed E-state index contributed by atoms with van der Waals surface area (Å²) in [6, 6.07) is 6.69. The minimum atomic E-state index is -2.79. The van der Waals surface area contributed by atoms with Crippen molar-refractivity contribution < 1.29 is 13.5 Å². The Hall–Kier alpha value is -1.60. The second-order valence-corrected chi connectivity index (χ2v) is 5.53. The topological polar surface area (TPSA) is 47.0 Å². The number of alkyl halides is 2. The molecule has 1 unspecified atom stereocenters. The van der Waals surface area contributed by atoms with Crippen molar-refractivity contribution in [1.82, 2.24) is 15.5 Å². The summed E-state index contributed by atoms with van der Waals surface area (Å²) in [7, 11) is 0. The molecule has 0 aliphatic heterocycles. The third-order valence-electron chi connectivity index (χ3n) is 2.73. The molecule has 108 valence electrons. The van der Waals surface area contributed by atoms with Crippen LogP contribution < -0.4 is 10.1 Å². The third-order valence-corrected chi connectivity index (χ3v) is 3.57. The number of ether oxygens (including phenoxy) is 1. The lowest BCUT2D eigenvalue weighted by Crippen LogP contribution is -2.18. The molecule has 1 atom stereocenters. The molecule has 20 heavy (non-hydrogen) atoms. The molecule has 1 heterocycles. The summed E-state index contributed by atoms with van der Waals surface area (Å²) in [4.78, 5) is 0. The number of hydrogen-bond acceptors (Lipinski definition) is 5. The number of aryl methyl sites for hydroxylation is 1. The molecule has 7 heteroatoms. The molecule has 2 aromatic rings. The van der Waals surface area contributed by atoms with Gasteiger partial charge in [0.25, 0.3) is 0 Å². The van der Waals surface area contributed by atoms with Gasteiger partial charge in [-0.05, 0) is 31.5 Å². The summed E-state index contributed by atoms with van der Waals surface area (Å²) >= 11 is 1.55. The highest BCUT2D eigenvalue weighted by Gasteiger charge is 2.08. The Labute approximate surface area is 119 Å². The molecule has 0 aliphatic rings. The molecule has 0 fully saturated rings. The lowest BCUT2D eigenvalue weighted by atomic mass is 10.1. The minimum absolute atomic E-state index is 0.0832. The maximum absolute atomic E-state index is 12.0. The van der Waals surface area contributed by atoms with Gasteiger partial charge >= 0.3 is 6.61 Å². The van der Waals surface area contributed by atoms with E-state index in [1.807, 2.05) is 13.8 Å². The van der Waals surface area contributed by atoms with E-state index in [1.54, 1.807) is 23.5 Å². The van der Waals surface area contributed by atoms with Crippen LogP contribution in [0, 0.1) is 6.92 Å². The zero-order chi connectivity index (χ0) is 14.5. The molecular weight excluding hydrogens is 284 g/mol. The van der Waals surface area contributed by atoms with E-state index in [-0.39, 0.29) is 11.8 Å². The highest BCUT2D eigenvalue weighted by atomic mass is 32.1. The fourth-order valence-corrected chi connectivity index (χ4v) is 2.36. The van der Waals surface area contributed by atoms with Gasteiger partial charge in [-0.2, -0.15) is 8.78 Å². The Kier molecular flexibility index (Phi) is 4.97. The predicted molar refractivity (Wildman–Crippen MR) is 73.0 cm³/mol. The Bertz CT molecular complexity index is 545. The number of hydrogen-bond donors (Lipinski definition) is 1. The van der Waals surface area contributed by atoms with Crippen LogP contribution in [0.2, 0.25) is 0 Å². The van der Waals surface area contributed by atoms with E-state index >= 15 is 0 Å². The average Bonchev–Trinajstić information content (AvgIpc) is 2.82. The second-order valence-electron chi connectivity index (χ2n) is 4.26. The van der Waals surface area contributed by atoms with E-state index in [0.717, 1.165) is 15.6 Å². The van der Waals surface area contributed by atoms with Gasteiger partial charge in [0.05, 0.1) is 6.54 Å². The maximum atomic E-state index is 12.0. The monoisotopic (exact) mass is 299 g/mol. The van der Waals surface area contributed by atoms with Crippen molar-refractivity contribution in [2.24, 2.45) is 0 Å². The Morgan fingerprint density at radius 3 is 2.50 bits per heavy atom. The van der Waals surface area contributed by atoms with Crippen LogP contribution in [0.4, 0.5) is 8.78 Å². The van der Waals surface area contributed by atoms with Gasteiger partial charge in [-0.15, -0.1) is 21.5 Å². The molecule has 4 nitrogen and oxygen atoms in total. The molecule has 0 spiro atoms. The van der Waals surface area contributed by atoms with Gasteiger partial charge in [-0.3, -0.25) is 0 Å². The summed E-state index contributed by atoms with van der Waals surface area (Å²) in [6.45, 7) is 1.74. The minimum Gasteiger partial charge on any atom is -0.435 e. The van der Waals surface area contributed by atoms with Gasteiger partial charge in [0.2, 0.25) is 0 Å². The molecule has 1 aromatic heterocycles. The van der Waals surface area contributed by atoms with Crippen molar-refractivity contribution in [3.8, 4) is 5.75 Å². The number of halogens is 2. The van der Waals surface area contributed by atoms with Gasteiger partial charge in [0.15, 0.2) is 0 Å². The standard InChI is InChI=1S/C13H15F2N3OS/c1-8(16-7-12-18-17-9(2)20-12)10-3-5-11(6-4-10)19-13(14)15/h3-6,8,13,16H,7H2,1-2H3. The lowest BCUT2D eigenvalue weighted by Gasteiger charge is -2.13. The predicted octanol–water partition coefficient (Wildman–Crippen LogP) is 3.30. The van der Waals surface area contributed by atoms with Gasteiger partial charge in [-0.25, -0.2) is 0 Å². The van der Waals surface area contributed by atoms with E-state index in [1.165, 1.54) is 12.1 Å². The molecule has 0 saturated carbocycles. The fourth-order valence-electron chi connectivity index (χ4n) is 1.71. The molecule has 0 radical (unpaired) electrons.